The fourth-order valence-electron chi connectivity index (χ4n) is 6.42. The molecule has 0 spiro atoms. The van der Waals surface area contributed by atoms with Gasteiger partial charge in [0.2, 0.25) is 0 Å². The van der Waals surface area contributed by atoms with Gasteiger partial charge in [-0.2, -0.15) is 18.4 Å². The molecular formula is C35H36ClF3N2. The van der Waals surface area contributed by atoms with Crippen LogP contribution in [0.5, 0.6) is 0 Å². The lowest BCUT2D eigenvalue weighted by atomic mass is 9.68. The van der Waals surface area contributed by atoms with E-state index in [4.69, 9.17) is 0 Å². The first-order valence-corrected chi connectivity index (χ1v) is 14.1. The molecule has 1 atom stereocenters. The molecule has 1 aliphatic carbocycles. The van der Waals surface area contributed by atoms with Gasteiger partial charge in [-0.05, 0) is 77.6 Å². The van der Waals surface area contributed by atoms with Gasteiger partial charge in [0.1, 0.15) is 0 Å². The third-order valence-electron chi connectivity index (χ3n) is 8.66. The number of halogens is 4. The highest BCUT2D eigenvalue weighted by molar-refractivity contribution is 5.94. The summed E-state index contributed by atoms with van der Waals surface area (Å²) in [6.45, 7) is 6.27. The molecule has 5 rings (SSSR count). The second-order valence-electron chi connectivity index (χ2n) is 11.2. The highest BCUT2D eigenvalue weighted by Gasteiger charge is 2.43. The van der Waals surface area contributed by atoms with Gasteiger partial charge in [0.05, 0.1) is 17.0 Å². The van der Waals surface area contributed by atoms with Crippen molar-refractivity contribution in [3.05, 3.63) is 112 Å². The van der Waals surface area contributed by atoms with Crippen LogP contribution in [-0.4, -0.2) is 24.5 Å². The first-order valence-electron chi connectivity index (χ1n) is 14.1. The quantitative estimate of drug-likeness (QED) is 0.228. The molecule has 0 radical (unpaired) electrons. The van der Waals surface area contributed by atoms with Gasteiger partial charge in [0.15, 0.2) is 0 Å². The Morgan fingerprint density at radius 3 is 1.83 bits per heavy atom. The summed E-state index contributed by atoms with van der Waals surface area (Å²) in [5, 5.41) is 10.2. The molecule has 3 aromatic carbocycles. The largest absolute Gasteiger partial charge is 0.416 e. The molecule has 1 unspecified atom stereocenters. The Balaban J connectivity index is 0.00000387. The van der Waals surface area contributed by atoms with Crippen molar-refractivity contribution in [3.63, 3.8) is 0 Å². The van der Waals surface area contributed by atoms with E-state index in [0.717, 1.165) is 38.5 Å². The number of piperidine rings is 1. The first-order chi connectivity index (χ1) is 19.2. The van der Waals surface area contributed by atoms with Gasteiger partial charge in [0, 0.05) is 13.1 Å². The Labute approximate surface area is 247 Å². The predicted molar refractivity (Wildman–Crippen MR) is 164 cm³/mol. The fraction of sp³-hybridized carbons (Fsp3) is 0.343. The molecule has 1 heterocycles. The molecule has 6 heteroatoms. The topological polar surface area (TPSA) is 27.0 Å². The normalized spacial score (nSPS) is 16.7. The van der Waals surface area contributed by atoms with Crippen LogP contribution in [0, 0.1) is 17.2 Å². The van der Waals surface area contributed by atoms with Gasteiger partial charge in [-0.1, -0.05) is 98.3 Å². The zero-order chi connectivity index (χ0) is 28.3. The number of nitriles is 1. The third-order valence-corrected chi connectivity index (χ3v) is 8.66. The fourth-order valence-corrected chi connectivity index (χ4v) is 6.42. The van der Waals surface area contributed by atoms with Crippen molar-refractivity contribution < 1.29 is 13.2 Å². The number of fused-ring (bicyclic) bond motifs is 2. The summed E-state index contributed by atoms with van der Waals surface area (Å²) in [6.07, 6.45) is 2.86. The summed E-state index contributed by atoms with van der Waals surface area (Å²) in [7, 11) is 0. The maximum absolute atomic E-state index is 13.9. The average molecular weight is 577 g/mol. The van der Waals surface area contributed by atoms with Crippen LogP contribution in [0.25, 0.3) is 17.7 Å². The van der Waals surface area contributed by atoms with Crippen molar-refractivity contribution >= 4 is 30.1 Å². The Hall–Kier alpha value is -3.33. The molecule has 214 valence electrons. The minimum Gasteiger partial charge on any atom is -0.303 e. The predicted octanol–water partition coefficient (Wildman–Crippen LogP) is 9.41. The van der Waals surface area contributed by atoms with E-state index < -0.39 is 17.2 Å². The molecular weight excluding hydrogens is 541 g/mol. The van der Waals surface area contributed by atoms with E-state index in [9.17, 15) is 18.4 Å². The van der Waals surface area contributed by atoms with Gasteiger partial charge in [-0.3, -0.25) is 0 Å². The van der Waals surface area contributed by atoms with Crippen molar-refractivity contribution in [2.45, 2.75) is 51.1 Å². The van der Waals surface area contributed by atoms with Crippen LogP contribution in [-0.2, 0) is 11.6 Å². The van der Waals surface area contributed by atoms with Crippen molar-refractivity contribution in [2.75, 3.05) is 19.6 Å². The van der Waals surface area contributed by atoms with Crippen LogP contribution >= 0.6 is 12.4 Å². The summed E-state index contributed by atoms with van der Waals surface area (Å²) in [4.78, 5) is 2.40. The van der Waals surface area contributed by atoms with Gasteiger partial charge < -0.3 is 4.90 Å². The molecule has 0 amide bonds. The van der Waals surface area contributed by atoms with Gasteiger partial charge in [-0.15, -0.1) is 12.4 Å². The Bertz CT molecular complexity index is 1420. The van der Waals surface area contributed by atoms with E-state index >= 15 is 0 Å². The molecule has 1 saturated heterocycles. The molecule has 2 nitrogen and oxygen atoms in total. The van der Waals surface area contributed by atoms with Crippen LogP contribution in [0.1, 0.15) is 72.9 Å². The zero-order valence-electron chi connectivity index (χ0n) is 23.5. The second kappa shape index (κ2) is 12.7. The van der Waals surface area contributed by atoms with E-state index in [1.54, 1.807) is 6.07 Å². The monoisotopic (exact) mass is 576 g/mol. The van der Waals surface area contributed by atoms with Gasteiger partial charge in [0.25, 0.3) is 0 Å². The van der Waals surface area contributed by atoms with Gasteiger partial charge in [-0.25, -0.2) is 0 Å². The lowest BCUT2D eigenvalue weighted by Crippen LogP contribution is -2.36. The Morgan fingerprint density at radius 2 is 1.32 bits per heavy atom. The van der Waals surface area contributed by atoms with Crippen LogP contribution in [0.2, 0.25) is 0 Å². The second-order valence-corrected chi connectivity index (χ2v) is 11.2. The standard InChI is InChI=1S/C35H35F3N2.ClH/c1-25(2)34(24-39,31-14-7-8-15-32(31)35(36,37)38)20-9-21-40-22-18-28(19-23-40)33-29-12-5-3-10-26(29)16-17-27-11-4-6-13-30(27)33;/h3-8,10-17,25H,9,18-23H2,1-2H3;1H. The Morgan fingerprint density at radius 1 is 0.805 bits per heavy atom. The highest BCUT2D eigenvalue weighted by atomic mass is 35.5. The average Bonchev–Trinajstić information content (AvgIpc) is 3.12. The van der Waals surface area contributed by atoms with Crippen LogP contribution in [0.3, 0.4) is 0 Å². The molecule has 3 aromatic rings. The SMILES string of the molecule is CC(C)C(C#N)(CCCN1CCC(=C2c3ccccc3C=Cc3ccccc32)CC1)c1ccccc1C(F)(F)F.Cl. The minimum absolute atomic E-state index is 0. The van der Waals surface area contributed by atoms with Gasteiger partial charge >= 0.3 is 6.18 Å². The van der Waals surface area contributed by atoms with E-state index in [0.29, 0.717) is 12.8 Å². The number of likely N-dealkylation sites (tertiary alicyclic amines) is 1. The third kappa shape index (κ3) is 6.15. The number of hydrogen-bond acceptors (Lipinski definition) is 2. The van der Waals surface area contributed by atoms with E-state index in [-0.39, 0.29) is 23.9 Å². The summed E-state index contributed by atoms with van der Waals surface area (Å²) >= 11 is 0. The molecule has 2 aliphatic rings. The van der Waals surface area contributed by atoms with Crippen molar-refractivity contribution in [3.8, 4) is 6.07 Å². The van der Waals surface area contributed by atoms with E-state index in [1.165, 1.54) is 45.5 Å². The van der Waals surface area contributed by atoms with Crippen LogP contribution in [0.15, 0.2) is 78.4 Å². The summed E-state index contributed by atoms with van der Waals surface area (Å²) in [6, 6.07) is 25.0. The van der Waals surface area contributed by atoms with Crippen molar-refractivity contribution in [2.24, 2.45) is 5.92 Å². The minimum atomic E-state index is -4.49. The summed E-state index contributed by atoms with van der Waals surface area (Å²) in [5.74, 6) is -0.248. The molecule has 0 N–H and O–H groups in total. The highest BCUT2D eigenvalue weighted by Crippen LogP contribution is 2.44. The molecule has 41 heavy (non-hydrogen) atoms. The van der Waals surface area contributed by atoms with Crippen LogP contribution in [0.4, 0.5) is 13.2 Å². The smallest absolute Gasteiger partial charge is 0.303 e. The lowest BCUT2D eigenvalue weighted by Gasteiger charge is -2.35. The number of hydrogen-bond donors (Lipinski definition) is 0. The maximum atomic E-state index is 13.9. The van der Waals surface area contributed by atoms with Crippen LogP contribution < -0.4 is 0 Å². The number of nitrogens with zero attached hydrogens (tertiary/aromatic N) is 2. The summed E-state index contributed by atoms with van der Waals surface area (Å²) < 4.78 is 41.6. The molecule has 0 saturated carbocycles. The summed E-state index contributed by atoms with van der Waals surface area (Å²) in [5.41, 5.74) is 6.00. The zero-order valence-corrected chi connectivity index (χ0v) is 24.4. The number of rotatable bonds is 6. The molecule has 0 aromatic heterocycles. The van der Waals surface area contributed by atoms with Crippen molar-refractivity contribution in [1.82, 2.24) is 4.90 Å². The molecule has 1 fully saturated rings. The number of benzene rings is 3. The van der Waals surface area contributed by atoms with E-state index in [2.05, 4.69) is 71.7 Å². The Kier molecular flexibility index (Phi) is 9.47. The molecule has 0 bridgehead atoms. The maximum Gasteiger partial charge on any atom is 0.416 e. The van der Waals surface area contributed by atoms with E-state index in [1.807, 2.05) is 13.8 Å². The number of alkyl halides is 3. The van der Waals surface area contributed by atoms with Crippen molar-refractivity contribution in [1.29, 1.82) is 5.26 Å². The lowest BCUT2D eigenvalue weighted by molar-refractivity contribution is -0.138. The molecule has 1 aliphatic heterocycles. The first kappa shape index (κ1) is 30.6.